The first-order chi connectivity index (χ1) is 26.8. The highest BCUT2D eigenvalue weighted by atomic mass is 35.5. The maximum absolute atomic E-state index is 13.8. The van der Waals surface area contributed by atoms with E-state index < -0.39 is 35.3 Å². The largest absolute Gasteiger partial charge is 0.456 e. The molecule has 0 radical (unpaired) electrons. The lowest BCUT2D eigenvalue weighted by atomic mass is 9.99. The number of benzene rings is 3. The molecule has 2 aliphatic heterocycles. The Hall–Kier alpha value is -5.71. The molecule has 4 amide bonds. The van der Waals surface area contributed by atoms with E-state index in [0.717, 1.165) is 44.8 Å². The van der Waals surface area contributed by atoms with E-state index in [-0.39, 0.29) is 23.0 Å². The summed E-state index contributed by atoms with van der Waals surface area (Å²) >= 11 is 6.18. The molecule has 3 aromatic carbocycles. The van der Waals surface area contributed by atoms with Crippen LogP contribution in [0.25, 0.3) is 5.69 Å². The van der Waals surface area contributed by atoms with Crippen molar-refractivity contribution in [2.45, 2.75) is 51.7 Å². The van der Waals surface area contributed by atoms with Crippen molar-refractivity contribution in [3.8, 4) is 5.69 Å². The van der Waals surface area contributed by atoms with E-state index in [1.165, 1.54) is 41.3 Å². The third kappa shape index (κ3) is 10.7. The summed E-state index contributed by atoms with van der Waals surface area (Å²) in [7, 11) is 0. The summed E-state index contributed by atoms with van der Waals surface area (Å²) in [5.74, 6) is -2.75. The monoisotopic (exact) mass is 785 g/mol. The van der Waals surface area contributed by atoms with Crippen molar-refractivity contribution in [2.24, 2.45) is 5.92 Å². The normalized spacial score (nSPS) is 15.9. The number of piperazine rings is 1. The third-order valence-electron chi connectivity index (χ3n) is 9.26. The molecule has 2 aliphatic rings. The number of carbonyl (C=O) groups excluding carboxylic acids is 5. The van der Waals surface area contributed by atoms with Gasteiger partial charge in [-0.15, -0.1) is 5.10 Å². The molecule has 0 spiro atoms. The number of nitrogens with one attached hydrogen (secondary N) is 3. The van der Waals surface area contributed by atoms with Gasteiger partial charge in [0.25, 0.3) is 0 Å². The van der Waals surface area contributed by atoms with Crippen molar-refractivity contribution in [1.29, 1.82) is 0 Å². The van der Waals surface area contributed by atoms with Gasteiger partial charge < -0.3 is 30.3 Å². The number of esters is 1. The van der Waals surface area contributed by atoms with Crippen LogP contribution in [-0.4, -0.2) is 106 Å². The van der Waals surface area contributed by atoms with Gasteiger partial charge in [-0.05, 0) is 110 Å². The van der Waals surface area contributed by atoms with Gasteiger partial charge in [-0.1, -0.05) is 23.7 Å². The minimum absolute atomic E-state index is 0.000986. The van der Waals surface area contributed by atoms with Crippen molar-refractivity contribution < 1.29 is 33.4 Å². The first kappa shape index (κ1) is 40.0. The number of hydrogen-bond donors (Lipinski definition) is 3. The number of rotatable bonds is 11. The van der Waals surface area contributed by atoms with E-state index in [9.17, 15) is 24.0 Å². The van der Waals surface area contributed by atoms with Gasteiger partial charge in [0.05, 0.1) is 23.5 Å². The van der Waals surface area contributed by atoms with Crippen molar-refractivity contribution in [1.82, 2.24) is 30.4 Å². The molecule has 3 N–H and O–H groups in total. The van der Waals surface area contributed by atoms with Gasteiger partial charge >= 0.3 is 17.8 Å². The van der Waals surface area contributed by atoms with Gasteiger partial charge in [-0.25, -0.2) is 4.79 Å². The first-order valence-corrected chi connectivity index (χ1v) is 18.7. The number of nitrogens with zero attached hydrogens (tertiary/aromatic N) is 6. The van der Waals surface area contributed by atoms with Gasteiger partial charge in [0.2, 0.25) is 11.8 Å². The Bertz CT molecular complexity index is 2030. The fourth-order valence-corrected chi connectivity index (χ4v) is 6.61. The number of aromatic nitrogens is 4. The average molecular weight is 786 g/mol. The zero-order valence-electron chi connectivity index (χ0n) is 31.4. The quantitative estimate of drug-likeness (QED) is 0.149. The molecular formula is C39H44ClN9O7. The van der Waals surface area contributed by atoms with E-state index in [0.29, 0.717) is 41.5 Å². The molecule has 0 unspecified atom stereocenters. The highest BCUT2D eigenvalue weighted by Crippen LogP contribution is 2.25. The fourth-order valence-electron chi connectivity index (χ4n) is 6.44. The number of anilines is 3. The zero-order chi connectivity index (χ0) is 39.8. The zero-order valence-corrected chi connectivity index (χ0v) is 32.1. The standard InChI is InChI=1S/C39H44ClN9O7/c1-39(2,3)56-38(54)27-6-9-29(10-7-27)42-35(51)32(44-37(53)36(52)43-31-21-28(40)8-13-33(31)49-24-41-45-46-49)20-25-4-11-30(12-5-25)48-17-16-47(23-34(48)50)22-26-14-18-55-19-15-26/h4-13,21,24,26,32H,14-20,22-23H2,1-3H3,(H,42,51)(H,43,52)(H,44,53)/t32-/m0/s1. The van der Waals surface area contributed by atoms with E-state index >= 15 is 0 Å². The van der Waals surface area contributed by atoms with Gasteiger partial charge in [0.1, 0.15) is 18.0 Å². The van der Waals surface area contributed by atoms with E-state index in [2.05, 4.69) is 36.4 Å². The van der Waals surface area contributed by atoms with Crippen LogP contribution in [0, 0.1) is 5.92 Å². The van der Waals surface area contributed by atoms with Crippen LogP contribution in [0.3, 0.4) is 0 Å². The van der Waals surface area contributed by atoms with Crippen LogP contribution in [0.5, 0.6) is 0 Å². The maximum Gasteiger partial charge on any atom is 0.338 e. The summed E-state index contributed by atoms with van der Waals surface area (Å²) < 4.78 is 12.2. The molecule has 6 rings (SSSR count). The Morgan fingerprint density at radius 2 is 1.68 bits per heavy atom. The Morgan fingerprint density at radius 1 is 0.946 bits per heavy atom. The van der Waals surface area contributed by atoms with E-state index in [4.69, 9.17) is 21.1 Å². The van der Waals surface area contributed by atoms with E-state index in [1.807, 2.05) is 0 Å². The molecule has 2 saturated heterocycles. The lowest BCUT2D eigenvalue weighted by Crippen LogP contribution is -2.51. The Kier molecular flexibility index (Phi) is 12.7. The number of hydrogen-bond acceptors (Lipinski definition) is 11. The second-order valence-corrected chi connectivity index (χ2v) is 15.1. The summed E-state index contributed by atoms with van der Waals surface area (Å²) in [5, 5.41) is 19.2. The van der Waals surface area contributed by atoms with Gasteiger partial charge in [0, 0.05) is 55.7 Å². The summed E-state index contributed by atoms with van der Waals surface area (Å²) in [6.07, 6.45) is 3.33. The molecule has 0 aliphatic carbocycles. The second-order valence-electron chi connectivity index (χ2n) is 14.7. The lowest BCUT2D eigenvalue weighted by molar-refractivity contribution is -0.137. The highest BCUT2D eigenvalue weighted by molar-refractivity contribution is 6.40. The van der Waals surface area contributed by atoms with Crippen LogP contribution < -0.4 is 20.9 Å². The Morgan fingerprint density at radius 3 is 2.34 bits per heavy atom. The Labute approximate surface area is 328 Å². The first-order valence-electron chi connectivity index (χ1n) is 18.3. The van der Waals surface area contributed by atoms with Crippen molar-refractivity contribution in [2.75, 3.05) is 54.9 Å². The molecule has 0 bridgehead atoms. The smallest absolute Gasteiger partial charge is 0.338 e. The molecule has 56 heavy (non-hydrogen) atoms. The lowest BCUT2D eigenvalue weighted by Gasteiger charge is -2.36. The van der Waals surface area contributed by atoms with Gasteiger partial charge in [-0.2, -0.15) is 4.68 Å². The molecular weight excluding hydrogens is 742 g/mol. The van der Waals surface area contributed by atoms with Crippen LogP contribution >= 0.6 is 11.6 Å². The molecule has 3 heterocycles. The Balaban J connectivity index is 1.15. The molecule has 17 heteroatoms. The van der Waals surface area contributed by atoms with Crippen LogP contribution in [0.4, 0.5) is 17.1 Å². The molecule has 0 saturated carbocycles. The number of halogens is 1. The van der Waals surface area contributed by atoms with Crippen LogP contribution in [-0.2, 0) is 35.1 Å². The fraction of sp³-hybridized carbons (Fsp3) is 0.385. The van der Waals surface area contributed by atoms with Crippen molar-refractivity contribution in [3.63, 3.8) is 0 Å². The third-order valence-corrected chi connectivity index (χ3v) is 9.50. The van der Waals surface area contributed by atoms with Crippen LogP contribution in [0.15, 0.2) is 73.1 Å². The molecule has 294 valence electrons. The number of ether oxygens (including phenoxy) is 2. The summed E-state index contributed by atoms with van der Waals surface area (Å²) in [5.41, 5.74) is 1.85. The van der Waals surface area contributed by atoms with Gasteiger partial charge in [-0.3, -0.25) is 24.1 Å². The topological polar surface area (TPSA) is 190 Å². The van der Waals surface area contributed by atoms with Crippen molar-refractivity contribution in [3.05, 3.63) is 89.2 Å². The summed E-state index contributed by atoms with van der Waals surface area (Å²) in [4.78, 5) is 70.1. The average Bonchev–Trinajstić information content (AvgIpc) is 3.70. The number of tetrazole rings is 1. The van der Waals surface area contributed by atoms with Crippen molar-refractivity contribution >= 4 is 58.3 Å². The maximum atomic E-state index is 13.8. The molecule has 1 atom stereocenters. The summed E-state index contributed by atoms with van der Waals surface area (Å²) in [6, 6.07) is 16.6. The molecule has 1 aromatic heterocycles. The number of amides is 4. The van der Waals surface area contributed by atoms with E-state index in [1.54, 1.807) is 62.1 Å². The molecule has 4 aromatic rings. The summed E-state index contributed by atoms with van der Waals surface area (Å²) in [6.45, 7) is 9.33. The SMILES string of the molecule is CC(C)(C)OC(=O)c1ccc(NC(=O)[C@H](Cc2ccc(N3CCN(CC4CCOCC4)CC3=O)cc2)NC(=O)C(=O)Nc2cc(Cl)ccc2-n2cnnn2)cc1. The predicted molar refractivity (Wildman–Crippen MR) is 207 cm³/mol. The van der Waals surface area contributed by atoms with Gasteiger partial charge in [0.15, 0.2) is 0 Å². The van der Waals surface area contributed by atoms with Crippen LogP contribution in [0.1, 0.15) is 49.5 Å². The minimum atomic E-state index is -1.22. The van der Waals surface area contributed by atoms with Crippen LogP contribution in [0.2, 0.25) is 5.02 Å². The second kappa shape index (κ2) is 17.8. The predicted octanol–water partition coefficient (Wildman–Crippen LogP) is 3.65. The molecule has 16 nitrogen and oxygen atoms in total. The highest BCUT2D eigenvalue weighted by Gasteiger charge is 2.29. The number of carbonyl (C=O) groups is 5. The molecule has 2 fully saturated rings. The minimum Gasteiger partial charge on any atom is -0.456 e.